The van der Waals surface area contributed by atoms with E-state index in [1.807, 2.05) is 45.0 Å². The van der Waals surface area contributed by atoms with E-state index in [4.69, 9.17) is 9.47 Å². The van der Waals surface area contributed by atoms with E-state index < -0.39 is 19.5 Å². The zero-order chi connectivity index (χ0) is 27.5. The van der Waals surface area contributed by atoms with Crippen molar-refractivity contribution in [2.45, 2.75) is 77.7 Å². The molecule has 0 unspecified atom stereocenters. The molecule has 3 heterocycles. The van der Waals surface area contributed by atoms with E-state index >= 15 is 0 Å². The highest BCUT2D eigenvalue weighted by molar-refractivity contribution is 6.76. The van der Waals surface area contributed by atoms with E-state index in [9.17, 15) is 9.18 Å². The highest BCUT2D eigenvalue weighted by Gasteiger charge is 2.27. The Labute approximate surface area is 224 Å². The minimum atomic E-state index is -1.20. The number of carbonyl (C=O) groups excluding carboxylic acids is 1. The number of halogens is 1. The van der Waals surface area contributed by atoms with Crippen molar-refractivity contribution in [3.8, 4) is 11.4 Å². The number of aromatic nitrogens is 4. The van der Waals surface area contributed by atoms with E-state index in [0.717, 1.165) is 16.9 Å². The number of carbonyl (C=O) groups is 1. The van der Waals surface area contributed by atoms with Crippen molar-refractivity contribution in [1.82, 2.24) is 24.6 Å². The molecule has 0 bridgehead atoms. The zero-order valence-corrected chi connectivity index (χ0v) is 24.3. The van der Waals surface area contributed by atoms with Crippen LogP contribution in [0.1, 0.15) is 33.6 Å². The van der Waals surface area contributed by atoms with E-state index in [0.29, 0.717) is 50.9 Å². The van der Waals surface area contributed by atoms with Crippen LogP contribution in [0.3, 0.4) is 0 Å². The SMILES string of the molecule is CC(C)(C)OC(=O)N1CCC(Nc2ncc(F)c(-c3nn(COCC[Si](C)(C)C)c4ccccc34)n2)CC1. The third-order valence-electron chi connectivity index (χ3n) is 6.32. The van der Waals surface area contributed by atoms with Gasteiger partial charge in [-0.1, -0.05) is 37.8 Å². The fraction of sp³-hybridized carbons (Fsp3) is 0.556. The van der Waals surface area contributed by atoms with Gasteiger partial charge in [0, 0.05) is 39.2 Å². The van der Waals surface area contributed by atoms with Gasteiger partial charge in [0.25, 0.3) is 0 Å². The predicted molar refractivity (Wildman–Crippen MR) is 149 cm³/mol. The summed E-state index contributed by atoms with van der Waals surface area (Å²) in [5, 5.41) is 8.80. The molecule has 1 aromatic carbocycles. The van der Waals surface area contributed by atoms with Crippen molar-refractivity contribution in [2.24, 2.45) is 0 Å². The second-order valence-corrected chi connectivity index (χ2v) is 17.6. The van der Waals surface area contributed by atoms with E-state index in [1.165, 1.54) is 6.20 Å². The monoisotopic (exact) mass is 542 g/mol. The van der Waals surface area contributed by atoms with Crippen molar-refractivity contribution < 1.29 is 18.7 Å². The minimum absolute atomic E-state index is 0.0565. The molecule has 1 amide bonds. The van der Waals surface area contributed by atoms with Gasteiger partial charge in [-0.25, -0.2) is 23.8 Å². The Balaban J connectivity index is 1.46. The van der Waals surface area contributed by atoms with Crippen LogP contribution in [0.15, 0.2) is 30.5 Å². The van der Waals surface area contributed by atoms with Gasteiger partial charge in [-0.2, -0.15) is 5.10 Å². The Hall–Kier alpha value is -3.05. The van der Waals surface area contributed by atoms with Crippen molar-refractivity contribution in [3.63, 3.8) is 0 Å². The number of amides is 1. The molecule has 1 saturated heterocycles. The van der Waals surface area contributed by atoms with Crippen LogP contribution in [-0.2, 0) is 16.2 Å². The summed E-state index contributed by atoms with van der Waals surface area (Å²) in [5.74, 6) is -0.201. The maximum Gasteiger partial charge on any atom is 0.410 e. The fourth-order valence-electron chi connectivity index (χ4n) is 4.25. The number of rotatable bonds is 8. The molecule has 3 aromatic rings. The molecule has 1 aliphatic heterocycles. The lowest BCUT2D eigenvalue weighted by Crippen LogP contribution is -2.44. The van der Waals surface area contributed by atoms with Crippen molar-refractivity contribution in [3.05, 3.63) is 36.3 Å². The number of likely N-dealkylation sites (tertiary alicyclic amines) is 1. The lowest BCUT2D eigenvalue weighted by Gasteiger charge is -2.33. The Morgan fingerprint density at radius 2 is 1.87 bits per heavy atom. The van der Waals surface area contributed by atoms with Gasteiger partial charge in [-0.15, -0.1) is 0 Å². The molecule has 0 atom stereocenters. The van der Waals surface area contributed by atoms with Crippen LogP contribution >= 0.6 is 0 Å². The number of nitrogens with one attached hydrogen (secondary N) is 1. The summed E-state index contributed by atoms with van der Waals surface area (Å²) in [4.78, 5) is 22.8. The number of hydrogen-bond donors (Lipinski definition) is 1. The maximum absolute atomic E-state index is 15.0. The summed E-state index contributed by atoms with van der Waals surface area (Å²) in [6, 6.07) is 8.81. The number of ether oxygens (including phenoxy) is 2. The summed E-state index contributed by atoms with van der Waals surface area (Å²) in [6.07, 6.45) is 2.30. The van der Waals surface area contributed by atoms with E-state index in [1.54, 1.807) is 9.58 Å². The number of anilines is 1. The first-order chi connectivity index (χ1) is 17.9. The van der Waals surface area contributed by atoms with Crippen LogP contribution in [0.4, 0.5) is 15.1 Å². The third-order valence-corrected chi connectivity index (χ3v) is 8.02. The third kappa shape index (κ3) is 7.28. The van der Waals surface area contributed by atoms with Gasteiger partial charge in [0.2, 0.25) is 5.95 Å². The molecule has 206 valence electrons. The quantitative estimate of drug-likeness (QED) is 0.286. The maximum atomic E-state index is 15.0. The van der Waals surface area contributed by atoms with Crippen LogP contribution < -0.4 is 5.32 Å². The van der Waals surface area contributed by atoms with Gasteiger partial charge >= 0.3 is 6.09 Å². The Bertz CT molecular complexity index is 1260. The minimum Gasteiger partial charge on any atom is -0.444 e. The molecule has 0 aliphatic carbocycles. The topological polar surface area (TPSA) is 94.4 Å². The number of para-hydroxylation sites is 1. The van der Waals surface area contributed by atoms with Gasteiger partial charge in [0.1, 0.15) is 23.7 Å². The van der Waals surface area contributed by atoms with Gasteiger partial charge in [0.05, 0.1) is 11.7 Å². The lowest BCUT2D eigenvalue weighted by molar-refractivity contribution is 0.0210. The summed E-state index contributed by atoms with van der Waals surface area (Å²) >= 11 is 0. The molecular weight excluding hydrogens is 503 g/mol. The number of fused-ring (bicyclic) bond motifs is 1. The van der Waals surface area contributed by atoms with Crippen LogP contribution in [0.25, 0.3) is 22.3 Å². The molecule has 4 rings (SSSR count). The lowest BCUT2D eigenvalue weighted by atomic mass is 10.1. The van der Waals surface area contributed by atoms with Crippen LogP contribution in [0.2, 0.25) is 25.7 Å². The second kappa shape index (κ2) is 11.4. The molecule has 0 spiro atoms. The standard InChI is InChI=1S/C27H39FN6O3Si/c1-27(2,3)37-26(35)33-13-11-19(12-14-33)30-25-29-17-21(28)24(31-25)23-20-9-7-8-10-22(20)34(32-23)18-36-15-16-38(4,5)6/h7-10,17,19H,11-16,18H2,1-6H3,(H,29,30,31). The van der Waals surface area contributed by atoms with Crippen molar-refractivity contribution in [1.29, 1.82) is 0 Å². The first-order valence-corrected chi connectivity index (χ1v) is 16.9. The molecule has 9 nitrogen and oxygen atoms in total. The van der Waals surface area contributed by atoms with Crippen molar-refractivity contribution >= 4 is 31.0 Å². The molecule has 11 heteroatoms. The Morgan fingerprint density at radius 1 is 1.16 bits per heavy atom. The summed E-state index contributed by atoms with van der Waals surface area (Å²) in [5.41, 5.74) is 0.933. The Kier molecular flexibility index (Phi) is 8.36. The van der Waals surface area contributed by atoms with Crippen LogP contribution in [0, 0.1) is 5.82 Å². The van der Waals surface area contributed by atoms with Crippen LogP contribution in [0.5, 0.6) is 0 Å². The number of benzene rings is 1. The highest BCUT2D eigenvalue weighted by atomic mass is 28.3. The highest BCUT2D eigenvalue weighted by Crippen LogP contribution is 2.29. The van der Waals surface area contributed by atoms with Gasteiger partial charge in [-0.3, -0.25) is 0 Å². The average Bonchev–Trinajstić information content (AvgIpc) is 3.20. The van der Waals surface area contributed by atoms with Crippen molar-refractivity contribution in [2.75, 3.05) is 25.0 Å². The summed E-state index contributed by atoms with van der Waals surface area (Å²) in [6.45, 7) is 14.6. The average molecular weight is 543 g/mol. The molecule has 0 radical (unpaired) electrons. The summed E-state index contributed by atoms with van der Waals surface area (Å²) in [7, 11) is -1.20. The summed E-state index contributed by atoms with van der Waals surface area (Å²) < 4.78 is 28.2. The molecule has 0 saturated carbocycles. The zero-order valence-electron chi connectivity index (χ0n) is 23.3. The first kappa shape index (κ1) is 28.0. The second-order valence-electron chi connectivity index (χ2n) is 12.0. The van der Waals surface area contributed by atoms with E-state index in [2.05, 4.69) is 40.0 Å². The van der Waals surface area contributed by atoms with Gasteiger partial charge < -0.3 is 19.7 Å². The molecular formula is C27H39FN6O3Si. The first-order valence-electron chi connectivity index (χ1n) is 13.2. The number of hydrogen-bond acceptors (Lipinski definition) is 7. The van der Waals surface area contributed by atoms with Crippen LogP contribution in [-0.4, -0.2) is 70.2 Å². The van der Waals surface area contributed by atoms with E-state index in [-0.39, 0.29) is 17.8 Å². The Morgan fingerprint density at radius 3 is 2.55 bits per heavy atom. The molecule has 2 aromatic heterocycles. The van der Waals surface area contributed by atoms with Gasteiger partial charge in [-0.05, 0) is 45.7 Å². The predicted octanol–water partition coefficient (Wildman–Crippen LogP) is 5.76. The largest absolute Gasteiger partial charge is 0.444 e. The molecule has 1 fully saturated rings. The fourth-order valence-corrected chi connectivity index (χ4v) is 5.01. The number of piperidine rings is 1. The van der Waals surface area contributed by atoms with Gasteiger partial charge in [0.15, 0.2) is 5.82 Å². The molecule has 38 heavy (non-hydrogen) atoms. The molecule has 1 N–H and O–H groups in total. The molecule has 1 aliphatic rings. The normalized spacial score (nSPS) is 15.2. The number of nitrogens with zero attached hydrogens (tertiary/aromatic N) is 5. The smallest absolute Gasteiger partial charge is 0.410 e.